The van der Waals surface area contributed by atoms with Crippen LogP contribution in [0.25, 0.3) is 0 Å². The number of carbonyl (C=O) groups is 1. The molecule has 0 fully saturated rings. The van der Waals surface area contributed by atoms with Gasteiger partial charge in [-0.25, -0.2) is 0 Å². The molecule has 2 heterocycles. The third-order valence-corrected chi connectivity index (χ3v) is 3.42. The quantitative estimate of drug-likeness (QED) is 0.609. The molecule has 0 spiro atoms. The molecular formula is C13H15N2OS+. The van der Waals surface area contributed by atoms with E-state index in [-0.39, 0.29) is 5.78 Å². The first kappa shape index (κ1) is 11.8. The highest BCUT2D eigenvalue weighted by Gasteiger charge is 2.12. The van der Waals surface area contributed by atoms with Crippen LogP contribution >= 0.6 is 11.3 Å². The van der Waals surface area contributed by atoms with Crippen molar-refractivity contribution in [3.63, 3.8) is 0 Å². The summed E-state index contributed by atoms with van der Waals surface area (Å²) in [6, 6.07) is 7.77. The zero-order valence-electron chi connectivity index (χ0n) is 9.96. The molecule has 0 saturated carbocycles. The highest BCUT2D eigenvalue weighted by Crippen LogP contribution is 2.10. The lowest BCUT2D eigenvalue weighted by Crippen LogP contribution is -2.37. The highest BCUT2D eigenvalue weighted by atomic mass is 32.1. The number of pyridine rings is 1. The van der Waals surface area contributed by atoms with Gasteiger partial charge in [-0.05, 0) is 11.4 Å². The molecule has 2 rings (SSSR count). The number of ketones is 1. The Morgan fingerprint density at radius 2 is 2.00 bits per heavy atom. The van der Waals surface area contributed by atoms with Crippen molar-refractivity contribution >= 4 is 22.8 Å². The number of rotatable bonds is 4. The van der Waals surface area contributed by atoms with Crippen LogP contribution in [0.2, 0.25) is 0 Å². The summed E-state index contributed by atoms with van der Waals surface area (Å²) in [6.07, 6.45) is 3.86. The molecule has 0 saturated heterocycles. The van der Waals surface area contributed by atoms with Crippen LogP contribution in [0.3, 0.4) is 0 Å². The van der Waals surface area contributed by atoms with Crippen LogP contribution in [0, 0.1) is 0 Å². The van der Waals surface area contributed by atoms with Crippen LogP contribution in [-0.2, 0) is 6.54 Å². The Balaban J connectivity index is 2.07. The van der Waals surface area contributed by atoms with Crippen LogP contribution in [0.4, 0.5) is 5.69 Å². The molecule has 0 atom stereocenters. The van der Waals surface area contributed by atoms with Gasteiger partial charge in [0.1, 0.15) is 0 Å². The second-order valence-electron chi connectivity index (χ2n) is 4.02. The van der Waals surface area contributed by atoms with Gasteiger partial charge in [0.2, 0.25) is 12.3 Å². The van der Waals surface area contributed by atoms with Crippen LogP contribution in [0.5, 0.6) is 0 Å². The largest absolute Gasteiger partial charge is 0.377 e. The minimum Gasteiger partial charge on any atom is -0.377 e. The van der Waals surface area contributed by atoms with Gasteiger partial charge in [0.05, 0.1) is 4.88 Å². The molecule has 2 aromatic heterocycles. The van der Waals surface area contributed by atoms with E-state index in [4.69, 9.17) is 0 Å². The molecule has 0 radical (unpaired) electrons. The van der Waals surface area contributed by atoms with Crippen LogP contribution in [0.1, 0.15) is 9.67 Å². The van der Waals surface area contributed by atoms with Gasteiger partial charge in [0, 0.05) is 31.9 Å². The fraction of sp³-hybridized carbons (Fsp3) is 0.231. The number of hydrogen-bond acceptors (Lipinski definition) is 3. The first-order valence-electron chi connectivity index (χ1n) is 5.40. The third kappa shape index (κ3) is 2.91. The van der Waals surface area contributed by atoms with E-state index in [1.165, 1.54) is 11.3 Å². The van der Waals surface area contributed by atoms with Gasteiger partial charge < -0.3 is 4.90 Å². The Bertz CT molecular complexity index is 489. The second-order valence-corrected chi connectivity index (χ2v) is 4.97. The average molecular weight is 247 g/mol. The van der Waals surface area contributed by atoms with Gasteiger partial charge in [0.15, 0.2) is 12.4 Å². The van der Waals surface area contributed by atoms with Gasteiger partial charge in [-0.3, -0.25) is 4.79 Å². The lowest BCUT2D eigenvalue weighted by Gasteiger charge is -2.10. The van der Waals surface area contributed by atoms with Gasteiger partial charge >= 0.3 is 0 Å². The van der Waals surface area contributed by atoms with Crippen LogP contribution in [-0.4, -0.2) is 19.9 Å². The zero-order chi connectivity index (χ0) is 12.3. The maximum absolute atomic E-state index is 11.9. The maximum Gasteiger partial charge on any atom is 0.237 e. The highest BCUT2D eigenvalue weighted by molar-refractivity contribution is 7.12. The molecule has 3 nitrogen and oxygen atoms in total. The number of anilines is 1. The second kappa shape index (κ2) is 5.10. The monoisotopic (exact) mass is 247 g/mol. The van der Waals surface area contributed by atoms with E-state index >= 15 is 0 Å². The molecule has 0 aliphatic carbocycles. The van der Waals surface area contributed by atoms with E-state index in [0.29, 0.717) is 6.54 Å². The zero-order valence-corrected chi connectivity index (χ0v) is 10.8. The van der Waals surface area contributed by atoms with Crippen molar-refractivity contribution in [2.24, 2.45) is 0 Å². The summed E-state index contributed by atoms with van der Waals surface area (Å²) in [5.41, 5.74) is 1.13. The van der Waals surface area contributed by atoms with Gasteiger partial charge in [-0.1, -0.05) is 6.07 Å². The lowest BCUT2D eigenvalue weighted by molar-refractivity contribution is -0.683. The third-order valence-electron chi connectivity index (χ3n) is 2.51. The number of thiophene rings is 1. The summed E-state index contributed by atoms with van der Waals surface area (Å²) < 4.78 is 1.90. The molecular weight excluding hydrogens is 232 g/mol. The van der Waals surface area contributed by atoms with Gasteiger partial charge in [-0.15, -0.1) is 11.3 Å². The van der Waals surface area contributed by atoms with Crippen LogP contribution < -0.4 is 9.47 Å². The number of aromatic nitrogens is 1. The lowest BCUT2D eigenvalue weighted by atomic mass is 10.3. The van der Waals surface area contributed by atoms with Crippen molar-refractivity contribution in [3.8, 4) is 0 Å². The van der Waals surface area contributed by atoms with Crippen molar-refractivity contribution < 1.29 is 9.36 Å². The normalized spacial score (nSPS) is 10.2. The Morgan fingerprint density at radius 3 is 2.53 bits per heavy atom. The number of carbonyl (C=O) groups excluding carboxylic acids is 1. The first-order chi connectivity index (χ1) is 8.16. The summed E-state index contributed by atoms with van der Waals surface area (Å²) in [5, 5.41) is 1.92. The summed E-state index contributed by atoms with van der Waals surface area (Å²) in [7, 11) is 3.99. The SMILES string of the molecule is CN(C)c1cc[n+](CC(=O)c2cccs2)cc1. The maximum atomic E-state index is 11.9. The molecule has 2 aromatic rings. The molecule has 0 aliphatic rings. The smallest absolute Gasteiger partial charge is 0.237 e. The number of hydrogen-bond donors (Lipinski definition) is 0. The fourth-order valence-corrected chi connectivity index (χ4v) is 2.19. The molecule has 4 heteroatoms. The molecule has 0 aliphatic heterocycles. The molecule has 0 unspecified atom stereocenters. The summed E-state index contributed by atoms with van der Waals surface area (Å²) in [4.78, 5) is 14.7. The van der Waals surface area contributed by atoms with Crippen molar-refractivity contribution in [2.75, 3.05) is 19.0 Å². The molecule has 0 aromatic carbocycles. The molecule has 0 amide bonds. The Kier molecular flexibility index (Phi) is 3.54. The van der Waals surface area contributed by atoms with E-state index in [0.717, 1.165) is 10.6 Å². The standard InChI is InChI=1S/C13H15N2OS/c1-14(2)11-5-7-15(8-6-11)10-12(16)13-4-3-9-17-13/h3-9H,10H2,1-2H3/q+1. The van der Waals surface area contributed by atoms with Crippen LogP contribution in [0.15, 0.2) is 42.0 Å². The molecule has 88 valence electrons. The van der Waals surface area contributed by atoms with Crippen molar-refractivity contribution in [1.29, 1.82) is 0 Å². The molecule has 17 heavy (non-hydrogen) atoms. The topological polar surface area (TPSA) is 24.2 Å². The van der Waals surface area contributed by atoms with E-state index in [1.54, 1.807) is 0 Å². The average Bonchev–Trinajstić information content (AvgIpc) is 2.83. The summed E-state index contributed by atoms with van der Waals surface area (Å²) >= 11 is 1.49. The van der Waals surface area contributed by atoms with E-state index in [1.807, 2.05) is 65.6 Å². The van der Waals surface area contributed by atoms with Gasteiger partial charge in [-0.2, -0.15) is 4.57 Å². The minimum absolute atomic E-state index is 0.155. The predicted octanol–water partition coefficient (Wildman–Crippen LogP) is 1.98. The number of Topliss-reactive ketones (excluding diaryl/α,β-unsaturated/α-hetero) is 1. The summed E-state index contributed by atoms with van der Waals surface area (Å²) in [5.74, 6) is 0.155. The van der Waals surface area contributed by atoms with E-state index < -0.39 is 0 Å². The summed E-state index contributed by atoms with van der Waals surface area (Å²) in [6.45, 7) is 0.397. The van der Waals surface area contributed by atoms with Gasteiger partial charge in [0.25, 0.3) is 0 Å². The fourth-order valence-electron chi connectivity index (χ4n) is 1.53. The minimum atomic E-state index is 0.155. The Hall–Kier alpha value is -1.68. The number of nitrogens with zero attached hydrogens (tertiary/aromatic N) is 2. The van der Waals surface area contributed by atoms with E-state index in [2.05, 4.69) is 0 Å². The van der Waals surface area contributed by atoms with Crippen molar-refractivity contribution in [2.45, 2.75) is 6.54 Å². The molecule has 0 bridgehead atoms. The predicted molar refractivity (Wildman–Crippen MR) is 69.6 cm³/mol. The molecule has 0 N–H and O–H groups in total. The Labute approximate surface area is 105 Å². The van der Waals surface area contributed by atoms with Crippen molar-refractivity contribution in [3.05, 3.63) is 46.9 Å². The van der Waals surface area contributed by atoms with E-state index in [9.17, 15) is 4.79 Å². The first-order valence-corrected chi connectivity index (χ1v) is 6.28. The van der Waals surface area contributed by atoms with Crippen molar-refractivity contribution in [1.82, 2.24) is 0 Å². The Morgan fingerprint density at radius 1 is 1.29 bits per heavy atom.